The van der Waals surface area contributed by atoms with Gasteiger partial charge in [0, 0.05) is 19.1 Å². The van der Waals surface area contributed by atoms with Crippen LogP contribution in [0.3, 0.4) is 0 Å². The first-order valence-electron chi connectivity index (χ1n) is 7.92. The molecule has 2 N–H and O–H groups in total. The Balaban J connectivity index is 1.48. The molecule has 1 aliphatic carbocycles. The molecule has 0 aromatic heterocycles. The molecule has 5 nitrogen and oxygen atoms in total. The molecule has 2 amide bonds. The summed E-state index contributed by atoms with van der Waals surface area (Å²) in [5.41, 5.74) is 0.254. The third kappa shape index (κ3) is 3.16. The third-order valence-electron chi connectivity index (χ3n) is 5.08. The van der Waals surface area contributed by atoms with Crippen LogP contribution in [0.1, 0.15) is 37.7 Å². The zero-order chi connectivity index (χ0) is 16.6. The van der Waals surface area contributed by atoms with E-state index in [2.05, 4.69) is 5.32 Å². The van der Waals surface area contributed by atoms with Gasteiger partial charge in [0.05, 0.1) is 5.41 Å². The number of nitrogens with one attached hydrogen (secondary N) is 1. The number of carboxylic acids is 1. The maximum Gasteiger partial charge on any atom is 0.317 e. The second kappa shape index (κ2) is 5.83. The second-order valence-electron chi connectivity index (χ2n) is 6.90. The van der Waals surface area contributed by atoms with Gasteiger partial charge in [0.25, 0.3) is 0 Å². The van der Waals surface area contributed by atoms with Gasteiger partial charge in [-0.05, 0) is 49.8 Å². The lowest BCUT2D eigenvalue weighted by molar-refractivity contribution is -0.147. The number of carboxylic acid groups (broad SMARTS) is 1. The van der Waals surface area contributed by atoms with Gasteiger partial charge in [-0.2, -0.15) is 0 Å². The molecule has 6 heteroatoms. The largest absolute Gasteiger partial charge is 0.481 e. The van der Waals surface area contributed by atoms with Crippen molar-refractivity contribution in [3.05, 3.63) is 35.6 Å². The maximum atomic E-state index is 12.9. The topological polar surface area (TPSA) is 69.6 Å². The van der Waals surface area contributed by atoms with E-state index in [0.717, 1.165) is 18.4 Å². The molecule has 0 bridgehead atoms. The minimum atomic E-state index is -0.854. The molecule has 1 aliphatic heterocycles. The van der Waals surface area contributed by atoms with Crippen LogP contribution < -0.4 is 5.32 Å². The number of hydrogen-bond donors (Lipinski definition) is 2. The summed E-state index contributed by atoms with van der Waals surface area (Å²) in [6.45, 7) is 2.40. The number of rotatable bonds is 3. The number of halogens is 1. The highest BCUT2D eigenvalue weighted by molar-refractivity contribution is 5.79. The first kappa shape index (κ1) is 15.8. The van der Waals surface area contributed by atoms with Gasteiger partial charge in [-0.1, -0.05) is 12.1 Å². The Kier molecular flexibility index (Phi) is 4.00. The molecule has 1 saturated carbocycles. The zero-order valence-electron chi connectivity index (χ0n) is 13.1. The maximum absolute atomic E-state index is 12.9. The Morgan fingerprint density at radius 1 is 1.30 bits per heavy atom. The van der Waals surface area contributed by atoms with E-state index in [1.54, 1.807) is 24.0 Å². The van der Waals surface area contributed by atoms with Crippen LogP contribution in [0, 0.1) is 11.2 Å². The minimum Gasteiger partial charge on any atom is -0.481 e. The summed E-state index contributed by atoms with van der Waals surface area (Å²) in [6, 6.07) is 6.41. The van der Waals surface area contributed by atoms with Gasteiger partial charge in [0.2, 0.25) is 0 Å². The minimum absolute atomic E-state index is 0.106. The van der Waals surface area contributed by atoms with Crippen LogP contribution in [0.4, 0.5) is 9.18 Å². The van der Waals surface area contributed by atoms with Crippen molar-refractivity contribution in [2.45, 2.75) is 38.1 Å². The number of urea groups is 1. The van der Waals surface area contributed by atoms with Crippen LogP contribution in [0.25, 0.3) is 0 Å². The lowest BCUT2D eigenvalue weighted by Gasteiger charge is -2.37. The van der Waals surface area contributed by atoms with Crippen LogP contribution in [-0.2, 0) is 4.79 Å². The van der Waals surface area contributed by atoms with Gasteiger partial charge in [-0.25, -0.2) is 9.18 Å². The molecule has 2 aliphatic rings. The average Bonchev–Trinajstić information content (AvgIpc) is 2.88. The number of carbonyl (C=O) groups excluding carboxylic acids is 1. The van der Waals surface area contributed by atoms with E-state index >= 15 is 0 Å². The van der Waals surface area contributed by atoms with Crippen molar-refractivity contribution in [1.29, 1.82) is 0 Å². The third-order valence-corrected chi connectivity index (χ3v) is 5.08. The molecule has 124 valence electrons. The van der Waals surface area contributed by atoms with Crippen molar-refractivity contribution in [3.63, 3.8) is 0 Å². The highest BCUT2D eigenvalue weighted by atomic mass is 19.1. The zero-order valence-corrected chi connectivity index (χ0v) is 13.1. The number of amides is 2. The molecule has 1 atom stereocenters. The molecule has 1 aromatic carbocycles. The lowest BCUT2D eigenvalue weighted by atomic mass is 9.76. The van der Waals surface area contributed by atoms with Crippen molar-refractivity contribution < 1.29 is 19.1 Å². The summed E-state index contributed by atoms with van der Waals surface area (Å²) in [5, 5.41) is 12.2. The van der Waals surface area contributed by atoms with Gasteiger partial charge in [0.1, 0.15) is 5.82 Å². The van der Waals surface area contributed by atoms with E-state index < -0.39 is 11.4 Å². The second-order valence-corrected chi connectivity index (χ2v) is 6.90. The fourth-order valence-electron chi connectivity index (χ4n) is 3.32. The first-order chi connectivity index (χ1) is 10.9. The molecule has 0 spiro atoms. The Morgan fingerprint density at radius 3 is 2.52 bits per heavy atom. The number of likely N-dealkylation sites (tertiary alicyclic amines) is 1. The molecule has 2 fully saturated rings. The van der Waals surface area contributed by atoms with Crippen molar-refractivity contribution >= 4 is 12.0 Å². The summed E-state index contributed by atoms with van der Waals surface area (Å²) in [4.78, 5) is 25.0. The number of nitrogens with zero attached hydrogens (tertiary/aromatic N) is 1. The lowest BCUT2D eigenvalue weighted by Crippen LogP contribution is -2.49. The molecule has 3 rings (SSSR count). The number of hydrogen-bond acceptors (Lipinski definition) is 2. The van der Waals surface area contributed by atoms with E-state index in [-0.39, 0.29) is 24.4 Å². The summed E-state index contributed by atoms with van der Waals surface area (Å²) in [7, 11) is 0. The highest BCUT2D eigenvalue weighted by Crippen LogP contribution is 2.37. The van der Waals surface area contributed by atoms with E-state index in [1.165, 1.54) is 12.1 Å². The van der Waals surface area contributed by atoms with Gasteiger partial charge in [-0.15, -0.1) is 0 Å². The molecule has 23 heavy (non-hydrogen) atoms. The first-order valence-corrected chi connectivity index (χ1v) is 7.92. The highest BCUT2D eigenvalue weighted by Gasteiger charge is 2.43. The molecule has 0 radical (unpaired) electrons. The quantitative estimate of drug-likeness (QED) is 0.899. The van der Waals surface area contributed by atoms with Crippen LogP contribution in [-0.4, -0.2) is 41.1 Å². The smallest absolute Gasteiger partial charge is 0.317 e. The van der Waals surface area contributed by atoms with Gasteiger partial charge in [0.15, 0.2) is 0 Å². The van der Waals surface area contributed by atoms with E-state index in [9.17, 15) is 19.1 Å². The normalized spacial score (nSPS) is 29.9. The standard InChI is InChI=1S/C17H21FN2O3/c1-17(15(21)22)6-7-20(10-17)16(23)19-14-8-12(9-14)11-2-4-13(18)5-3-11/h2-5,12,14H,6-10H2,1H3,(H,19,23)(H,21,22). The van der Waals surface area contributed by atoms with Crippen LogP contribution in [0.15, 0.2) is 24.3 Å². The predicted molar refractivity (Wildman–Crippen MR) is 82.6 cm³/mol. The number of benzene rings is 1. The molecule has 1 unspecified atom stereocenters. The van der Waals surface area contributed by atoms with Crippen LogP contribution in [0.2, 0.25) is 0 Å². The predicted octanol–water partition coefficient (Wildman–Crippen LogP) is 2.58. The fraction of sp³-hybridized carbons (Fsp3) is 0.529. The van der Waals surface area contributed by atoms with Crippen LogP contribution in [0.5, 0.6) is 0 Å². The average molecular weight is 320 g/mol. The molecule has 1 heterocycles. The molecular weight excluding hydrogens is 299 g/mol. The Labute approximate surface area is 134 Å². The van der Waals surface area contributed by atoms with Crippen molar-refractivity contribution in [1.82, 2.24) is 10.2 Å². The Morgan fingerprint density at radius 2 is 1.96 bits per heavy atom. The van der Waals surface area contributed by atoms with Crippen LogP contribution >= 0.6 is 0 Å². The van der Waals surface area contributed by atoms with Crippen molar-refractivity contribution in [3.8, 4) is 0 Å². The summed E-state index contributed by atoms with van der Waals surface area (Å²) >= 11 is 0. The SMILES string of the molecule is CC1(C(=O)O)CCN(C(=O)NC2CC(c3ccc(F)cc3)C2)C1. The van der Waals surface area contributed by atoms with Crippen molar-refractivity contribution in [2.24, 2.45) is 5.41 Å². The summed E-state index contributed by atoms with van der Waals surface area (Å²) in [5.74, 6) is -0.745. The Bertz CT molecular complexity index is 613. The molecular formula is C17H21FN2O3. The monoisotopic (exact) mass is 320 g/mol. The fourth-order valence-corrected chi connectivity index (χ4v) is 3.32. The van der Waals surface area contributed by atoms with E-state index in [4.69, 9.17) is 0 Å². The van der Waals surface area contributed by atoms with Gasteiger partial charge >= 0.3 is 12.0 Å². The van der Waals surface area contributed by atoms with Crippen molar-refractivity contribution in [2.75, 3.05) is 13.1 Å². The number of aliphatic carboxylic acids is 1. The molecule has 1 saturated heterocycles. The number of carbonyl (C=O) groups is 2. The molecule has 1 aromatic rings. The summed E-state index contributed by atoms with van der Waals surface area (Å²) < 4.78 is 12.9. The van der Waals surface area contributed by atoms with Gasteiger partial charge < -0.3 is 15.3 Å². The van der Waals surface area contributed by atoms with E-state index in [0.29, 0.717) is 18.9 Å². The van der Waals surface area contributed by atoms with E-state index in [1.807, 2.05) is 0 Å². The van der Waals surface area contributed by atoms with Gasteiger partial charge in [-0.3, -0.25) is 4.79 Å². The summed E-state index contributed by atoms with van der Waals surface area (Å²) in [6.07, 6.45) is 2.15. The Hall–Kier alpha value is -2.11.